The number of rotatable bonds is 11. The first-order valence-corrected chi connectivity index (χ1v) is 10.6. The Morgan fingerprint density at radius 2 is 2.15 bits per heavy atom. The summed E-state index contributed by atoms with van der Waals surface area (Å²) < 4.78 is 7.45. The van der Waals surface area contributed by atoms with Crippen molar-refractivity contribution in [1.82, 2.24) is 15.2 Å². The van der Waals surface area contributed by atoms with Crippen LogP contribution in [0.4, 0.5) is 11.6 Å². The first-order chi connectivity index (χ1) is 13.2. The standard InChI is InChI=1S/C18H31N5O3S/c1-3-6-23(27-2)17-14-15(18(25)20-5-10-24)13-16(21-17)19-4-7-22-8-11-26-12-9-22/h13-14,24H,3-12H2,1-2H3,(H,19,21)(H,20,25). The number of hydrogen-bond donors (Lipinski definition) is 3. The third-order valence-electron chi connectivity index (χ3n) is 4.21. The van der Waals surface area contributed by atoms with Gasteiger partial charge in [-0.1, -0.05) is 18.9 Å². The smallest absolute Gasteiger partial charge is 0.251 e. The van der Waals surface area contributed by atoms with E-state index in [0.717, 1.165) is 58.2 Å². The lowest BCUT2D eigenvalue weighted by molar-refractivity contribution is 0.0398. The van der Waals surface area contributed by atoms with Crippen molar-refractivity contribution in [2.45, 2.75) is 13.3 Å². The van der Waals surface area contributed by atoms with Gasteiger partial charge in [0.1, 0.15) is 11.6 Å². The summed E-state index contributed by atoms with van der Waals surface area (Å²) in [6, 6.07) is 3.56. The second-order valence-electron chi connectivity index (χ2n) is 6.24. The molecule has 0 radical (unpaired) electrons. The molecule has 1 saturated heterocycles. The lowest BCUT2D eigenvalue weighted by Crippen LogP contribution is -2.39. The molecule has 2 rings (SSSR count). The highest BCUT2D eigenvalue weighted by molar-refractivity contribution is 7.99. The maximum atomic E-state index is 12.4. The van der Waals surface area contributed by atoms with E-state index in [1.807, 2.05) is 6.26 Å². The lowest BCUT2D eigenvalue weighted by Gasteiger charge is -2.26. The van der Waals surface area contributed by atoms with Crippen molar-refractivity contribution in [3.8, 4) is 0 Å². The molecular weight excluding hydrogens is 366 g/mol. The molecule has 0 aliphatic carbocycles. The van der Waals surface area contributed by atoms with Crippen molar-refractivity contribution in [3.63, 3.8) is 0 Å². The summed E-state index contributed by atoms with van der Waals surface area (Å²) in [5.41, 5.74) is 0.539. The van der Waals surface area contributed by atoms with Gasteiger partial charge in [-0.2, -0.15) is 0 Å². The molecule has 27 heavy (non-hydrogen) atoms. The lowest BCUT2D eigenvalue weighted by atomic mass is 10.2. The number of carbonyl (C=O) groups is 1. The molecule has 152 valence electrons. The first-order valence-electron chi connectivity index (χ1n) is 9.44. The third-order valence-corrected chi connectivity index (χ3v) is 5.02. The number of hydrogen-bond acceptors (Lipinski definition) is 8. The predicted octanol–water partition coefficient (Wildman–Crippen LogP) is 1.04. The van der Waals surface area contributed by atoms with Crippen LogP contribution in [0.5, 0.6) is 0 Å². The molecule has 1 aromatic heterocycles. The van der Waals surface area contributed by atoms with Gasteiger partial charge in [0.2, 0.25) is 0 Å². The van der Waals surface area contributed by atoms with E-state index in [2.05, 4.69) is 31.7 Å². The van der Waals surface area contributed by atoms with Crippen LogP contribution < -0.4 is 14.9 Å². The topological polar surface area (TPSA) is 90.0 Å². The van der Waals surface area contributed by atoms with E-state index in [1.54, 1.807) is 24.1 Å². The van der Waals surface area contributed by atoms with Crippen LogP contribution in [-0.2, 0) is 4.74 Å². The molecule has 0 bridgehead atoms. The zero-order valence-corrected chi connectivity index (χ0v) is 17.1. The maximum absolute atomic E-state index is 12.4. The van der Waals surface area contributed by atoms with E-state index >= 15 is 0 Å². The van der Waals surface area contributed by atoms with E-state index in [4.69, 9.17) is 9.84 Å². The minimum Gasteiger partial charge on any atom is -0.395 e. The molecule has 0 aromatic carbocycles. The Morgan fingerprint density at radius 3 is 2.81 bits per heavy atom. The molecule has 1 aromatic rings. The fourth-order valence-electron chi connectivity index (χ4n) is 2.81. The molecule has 2 heterocycles. The van der Waals surface area contributed by atoms with Gasteiger partial charge in [-0.25, -0.2) is 4.98 Å². The normalized spacial score (nSPS) is 14.8. The zero-order chi connectivity index (χ0) is 19.5. The van der Waals surface area contributed by atoms with E-state index in [1.165, 1.54) is 0 Å². The summed E-state index contributed by atoms with van der Waals surface area (Å²) in [5, 5.41) is 15.0. The summed E-state index contributed by atoms with van der Waals surface area (Å²) in [4.78, 5) is 19.4. The van der Waals surface area contributed by atoms with Crippen LogP contribution in [-0.4, -0.2) is 86.2 Å². The van der Waals surface area contributed by atoms with Gasteiger partial charge in [0.25, 0.3) is 5.91 Å². The number of amides is 1. The molecule has 1 fully saturated rings. The number of aromatic nitrogens is 1. The molecule has 8 nitrogen and oxygen atoms in total. The highest BCUT2D eigenvalue weighted by Crippen LogP contribution is 2.23. The minimum atomic E-state index is -0.207. The van der Waals surface area contributed by atoms with E-state index in [-0.39, 0.29) is 19.1 Å². The summed E-state index contributed by atoms with van der Waals surface area (Å²) in [6.07, 6.45) is 2.99. The Hall–Kier alpha value is -1.55. The second-order valence-corrected chi connectivity index (χ2v) is 7.05. The van der Waals surface area contributed by atoms with Crippen LogP contribution in [0, 0.1) is 0 Å². The highest BCUT2D eigenvalue weighted by atomic mass is 32.2. The molecule has 0 unspecified atom stereocenters. The average Bonchev–Trinajstić information content (AvgIpc) is 2.70. The molecular formula is C18H31N5O3S. The molecule has 1 aliphatic rings. The molecule has 3 N–H and O–H groups in total. The number of aliphatic hydroxyl groups is 1. The minimum absolute atomic E-state index is 0.0822. The van der Waals surface area contributed by atoms with Crippen LogP contribution in [0.2, 0.25) is 0 Å². The van der Waals surface area contributed by atoms with Crippen molar-refractivity contribution < 1.29 is 14.6 Å². The maximum Gasteiger partial charge on any atom is 0.251 e. The number of aliphatic hydroxyl groups excluding tert-OH is 1. The monoisotopic (exact) mass is 397 g/mol. The Balaban J connectivity index is 2.08. The van der Waals surface area contributed by atoms with Crippen molar-refractivity contribution in [3.05, 3.63) is 17.7 Å². The Kier molecular flexibility index (Phi) is 9.68. The Morgan fingerprint density at radius 1 is 1.37 bits per heavy atom. The molecule has 0 atom stereocenters. The van der Waals surface area contributed by atoms with Crippen LogP contribution >= 0.6 is 11.9 Å². The summed E-state index contributed by atoms with van der Waals surface area (Å²) >= 11 is 1.59. The first kappa shape index (κ1) is 21.7. The van der Waals surface area contributed by atoms with Gasteiger partial charge >= 0.3 is 0 Å². The number of anilines is 2. The van der Waals surface area contributed by atoms with E-state index in [9.17, 15) is 4.79 Å². The van der Waals surface area contributed by atoms with Crippen LogP contribution in [0.3, 0.4) is 0 Å². The summed E-state index contributed by atoms with van der Waals surface area (Å²) in [5.74, 6) is 1.24. The van der Waals surface area contributed by atoms with Crippen molar-refractivity contribution in [2.24, 2.45) is 0 Å². The quantitative estimate of drug-likeness (QED) is 0.477. The number of carbonyl (C=O) groups excluding carboxylic acids is 1. The molecule has 0 spiro atoms. The fourth-order valence-corrected chi connectivity index (χ4v) is 3.45. The van der Waals surface area contributed by atoms with E-state index < -0.39 is 0 Å². The number of ether oxygens (including phenoxy) is 1. The van der Waals surface area contributed by atoms with E-state index in [0.29, 0.717) is 11.4 Å². The third kappa shape index (κ3) is 7.17. The molecule has 1 aliphatic heterocycles. The van der Waals surface area contributed by atoms with Gasteiger partial charge in [-0.3, -0.25) is 9.69 Å². The SMILES string of the molecule is CCCN(SC)c1cc(C(=O)NCCO)cc(NCCN2CCOCC2)n1. The summed E-state index contributed by atoms with van der Waals surface area (Å²) in [7, 11) is 0. The molecule has 0 saturated carbocycles. The van der Waals surface area contributed by atoms with Gasteiger partial charge in [-0.05, 0) is 18.6 Å². The van der Waals surface area contributed by atoms with Crippen molar-refractivity contribution in [2.75, 3.05) is 75.0 Å². The van der Waals surface area contributed by atoms with Crippen LogP contribution in [0.1, 0.15) is 23.7 Å². The number of morpholine rings is 1. The van der Waals surface area contributed by atoms with Crippen LogP contribution in [0.15, 0.2) is 12.1 Å². The van der Waals surface area contributed by atoms with Gasteiger partial charge in [-0.15, -0.1) is 0 Å². The largest absolute Gasteiger partial charge is 0.395 e. The number of pyridine rings is 1. The Labute approximate surface area is 165 Å². The average molecular weight is 398 g/mol. The second kappa shape index (κ2) is 12.0. The summed E-state index contributed by atoms with van der Waals surface area (Å²) in [6.45, 7) is 8.22. The fraction of sp³-hybridized carbons (Fsp3) is 0.667. The number of nitrogens with zero attached hydrogens (tertiary/aromatic N) is 3. The number of nitrogens with one attached hydrogen (secondary N) is 2. The van der Waals surface area contributed by atoms with Gasteiger partial charge in [0.05, 0.1) is 19.8 Å². The van der Waals surface area contributed by atoms with Gasteiger partial charge in [0, 0.05) is 51.1 Å². The van der Waals surface area contributed by atoms with Crippen LogP contribution in [0.25, 0.3) is 0 Å². The zero-order valence-electron chi connectivity index (χ0n) is 16.2. The van der Waals surface area contributed by atoms with Crippen molar-refractivity contribution in [1.29, 1.82) is 0 Å². The van der Waals surface area contributed by atoms with Gasteiger partial charge in [0.15, 0.2) is 0 Å². The predicted molar refractivity (Wildman–Crippen MR) is 111 cm³/mol. The highest BCUT2D eigenvalue weighted by Gasteiger charge is 2.14. The van der Waals surface area contributed by atoms with Crippen molar-refractivity contribution >= 4 is 29.5 Å². The molecule has 9 heteroatoms. The Bertz CT molecular complexity index is 584. The van der Waals surface area contributed by atoms with Gasteiger partial charge < -0.3 is 24.8 Å². The molecule has 1 amide bonds.